The monoisotopic (exact) mass is 234 g/mol. The third-order valence-electron chi connectivity index (χ3n) is 4.00. The van der Waals surface area contributed by atoms with E-state index in [1.807, 2.05) is 24.3 Å². The molecule has 4 heteroatoms. The van der Waals surface area contributed by atoms with E-state index in [4.69, 9.17) is 0 Å². The van der Waals surface area contributed by atoms with E-state index in [9.17, 15) is 9.28 Å². The zero-order valence-electron chi connectivity index (χ0n) is 9.58. The molecule has 3 nitrogen and oxygen atoms in total. The third-order valence-corrected chi connectivity index (χ3v) is 4.00. The second-order valence-electron chi connectivity index (χ2n) is 4.92. The first kappa shape index (κ1) is 10.7. The van der Waals surface area contributed by atoms with Gasteiger partial charge in [0.2, 0.25) is 0 Å². The summed E-state index contributed by atoms with van der Waals surface area (Å²) in [6.07, 6.45) is 1.53. The summed E-state index contributed by atoms with van der Waals surface area (Å²) >= 11 is 0. The highest BCUT2D eigenvalue weighted by Crippen LogP contribution is 2.39. The zero-order chi connectivity index (χ0) is 11.9. The number of hydrogen-bond donors (Lipinski definition) is 1. The molecule has 0 atom stereocenters. The van der Waals surface area contributed by atoms with Gasteiger partial charge in [-0.15, -0.1) is 9.60 Å². The Morgan fingerprint density at radius 1 is 1.24 bits per heavy atom. The second-order valence-corrected chi connectivity index (χ2v) is 4.92. The number of amides is 1. The fourth-order valence-electron chi connectivity index (χ4n) is 2.94. The molecular formula is C13H15FN2O. The predicted molar refractivity (Wildman–Crippen MR) is 62.4 cm³/mol. The lowest BCUT2D eigenvalue weighted by atomic mass is 9.69. The number of carbonyl (C=O) groups excluding carboxylic acids is 1. The molecule has 1 N–H and O–H groups in total. The summed E-state index contributed by atoms with van der Waals surface area (Å²) in [5, 5.41) is 3.80. The smallest absolute Gasteiger partial charge is 0.251 e. The molecule has 90 valence electrons. The van der Waals surface area contributed by atoms with Crippen LogP contribution >= 0.6 is 0 Å². The lowest BCUT2D eigenvalue weighted by molar-refractivity contribution is -0.0172. The minimum absolute atomic E-state index is 0.00565. The van der Waals surface area contributed by atoms with Crippen molar-refractivity contribution in [1.82, 2.24) is 10.4 Å². The van der Waals surface area contributed by atoms with E-state index in [2.05, 4.69) is 5.32 Å². The molecule has 0 saturated carbocycles. The van der Waals surface area contributed by atoms with Gasteiger partial charge in [-0.05, 0) is 24.5 Å². The van der Waals surface area contributed by atoms with Gasteiger partial charge in [0.1, 0.15) is 0 Å². The van der Waals surface area contributed by atoms with Crippen LogP contribution in [0.4, 0.5) is 4.48 Å². The first-order valence-corrected chi connectivity index (χ1v) is 6.00. The maximum atomic E-state index is 13.1. The molecule has 1 aromatic carbocycles. The topological polar surface area (TPSA) is 32.3 Å². The molecule has 2 heterocycles. The molecule has 2 aliphatic heterocycles. The molecule has 3 rings (SSSR count). The van der Waals surface area contributed by atoms with Gasteiger partial charge < -0.3 is 5.32 Å². The van der Waals surface area contributed by atoms with Crippen LogP contribution in [0.5, 0.6) is 0 Å². The molecule has 0 aromatic heterocycles. The highest BCUT2D eigenvalue weighted by atomic mass is 19.2. The van der Waals surface area contributed by atoms with Gasteiger partial charge in [0.05, 0.1) is 0 Å². The summed E-state index contributed by atoms with van der Waals surface area (Å²) in [4.78, 5) is 11.8. The highest BCUT2D eigenvalue weighted by Gasteiger charge is 2.41. The molecular weight excluding hydrogens is 219 g/mol. The normalized spacial score (nSPS) is 23.2. The molecule has 0 aliphatic carbocycles. The summed E-state index contributed by atoms with van der Waals surface area (Å²) in [7, 11) is 0. The van der Waals surface area contributed by atoms with E-state index in [0.29, 0.717) is 19.6 Å². The lowest BCUT2D eigenvalue weighted by Gasteiger charge is -2.43. The van der Waals surface area contributed by atoms with E-state index in [-0.39, 0.29) is 11.3 Å². The van der Waals surface area contributed by atoms with Crippen molar-refractivity contribution in [3.8, 4) is 0 Å². The van der Waals surface area contributed by atoms with Crippen LogP contribution in [0.3, 0.4) is 0 Å². The van der Waals surface area contributed by atoms with Gasteiger partial charge in [0.15, 0.2) is 0 Å². The van der Waals surface area contributed by atoms with Crippen molar-refractivity contribution in [2.75, 3.05) is 19.6 Å². The number of piperidine rings is 1. The number of fused-ring (bicyclic) bond motifs is 2. The van der Waals surface area contributed by atoms with Gasteiger partial charge in [-0.3, -0.25) is 4.79 Å². The minimum Gasteiger partial charge on any atom is -0.351 e. The Bertz CT molecular complexity index is 452. The highest BCUT2D eigenvalue weighted by molar-refractivity contribution is 5.97. The Balaban J connectivity index is 2.03. The van der Waals surface area contributed by atoms with Crippen molar-refractivity contribution in [3.05, 3.63) is 35.4 Å². The lowest BCUT2D eigenvalue weighted by Crippen LogP contribution is -2.51. The van der Waals surface area contributed by atoms with E-state index in [1.165, 1.54) is 0 Å². The van der Waals surface area contributed by atoms with Crippen LogP contribution in [-0.4, -0.2) is 30.7 Å². The quantitative estimate of drug-likeness (QED) is 0.692. The van der Waals surface area contributed by atoms with Gasteiger partial charge in [-0.25, -0.2) is 0 Å². The molecule has 0 radical (unpaired) electrons. The Hall–Kier alpha value is -1.42. The average molecular weight is 234 g/mol. The zero-order valence-corrected chi connectivity index (χ0v) is 9.58. The number of hydrogen-bond acceptors (Lipinski definition) is 2. The molecule has 1 spiro atoms. The molecule has 1 saturated heterocycles. The Morgan fingerprint density at radius 2 is 1.94 bits per heavy atom. The molecule has 0 unspecified atom stereocenters. The molecule has 2 aliphatic rings. The number of nitrogens with zero attached hydrogens (tertiary/aromatic N) is 1. The number of carbonyl (C=O) groups is 1. The van der Waals surface area contributed by atoms with E-state index in [0.717, 1.165) is 29.1 Å². The summed E-state index contributed by atoms with van der Waals surface area (Å²) in [5.74, 6) is -0.00565. The van der Waals surface area contributed by atoms with Crippen LogP contribution in [0.2, 0.25) is 0 Å². The van der Waals surface area contributed by atoms with Crippen LogP contribution in [-0.2, 0) is 5.41 Å². The number of halogens is 1. The number of rotatable bonds is 0. The second kappa shape index (κ2) is 3.81. The SMILES string of the molecule is O=C1NCC2(CCN(F)CC2)c2ccccc21. The number of nitrogens with one attached hydrogen (secondary N) is 1. The van der Waals surface area contributed by atoms with Gasteiger partial charge in [0, 0.05) is 30.6 Å². The summed E-state index contributed by atoms with van der Waals surface area (Å²) in [5.41, 5.74) is 1.79. The largest absolute Gasteiger partial charge is 0.351 e. The standard InChI is InChI=1S/C13H15FN2O/c14-16-7-5-13(6-8-16)9-15-12(17)10-3-1-2-4-11(10)13/h1-4H,5-9H2,(H,15,17). The minimum atomic E-state index is -0.0624. The summed E-state index contributed by atoms with van der Waals surface area (Å²) in [6, 6.07) is 7.71. The van der Waals surface area contributed by atoms with Crippen LogP contribution < -0.4 is 5.32 Å². The number of benzene rings is 1. The molecule has 0 bridgehead atoms. The van der Waals surface area contributed by atoms with E-state index < -0.39 is 0 Å². The molecule has 1 aromatic rings. The Labute approximate surface area is 99.5 Å². The fourth-order valence-corrected chi connectivity index (χ4v) is 2.94. The van der Waals surface area contributed by atoms with Crippen molar-refractivity contribution >= 4 is 5.91 Å². The maximum absolute atomic E-state index is 13.1. The maximum Gasteiger partial charge on any atom is 0.251 e. The van der Waals surface area contributed by atoms with Gasteiger partial charge in [-0.2, -0.15) is 0 Å². The molecule has 1 fully saturated rings. The van der Waals surface area contributed by atoms with E-state index >= 15 is 0 Å². The van der Waals surface area contributed by atoms with Crippen molar-refractivity contribution in [2.24, 2.45) is 0 Å². The van der Waals surface area contributed by atoms with Crippen LogP contribution in [0.25, 0.3) is 0 Å². The van der Waals surface area contributed by atoms with E-state index in [1.54, 1.807) is 0 Å². The van der Waals surface area contributed by atoms with Crippen molar-refractivity contribution in [3.63, 3.8) is 0 Å². The first-order valence-electron chi connectivity index (χ1n) is 6.00. The molecule has 17 heavy (non-hydrogen) atoms. The predicted octanol–water partition coefficient (Wildman–Crippen LogP) is 1.65. The van der Waals surface area contributed by atoms with Crippen LogP contribution in [0, 0.1) is 0 Å². The van der Waals surface area contributed by atoms with Crippen LogP contribution in [0.15, 0.2) is 24.3 Å². The average Bonchev–Trinajstić information content (AvgIpc) is 2.38. The van der Waals surface area contributed by atoms with Crippen molar-refractivity contribution in [1.29, 1.82) is 0 Å². The van der Waals surface area contributed by atoms with Crippen molar-refractivity contribution in [2.45, 2.75) is 18.3 Å². The summed E-state index contributed by atoms with van der Waals surface area (Å²) in [6.45, 7) is 1.53. The van der Waals surface area contributed by atoms with Crippen LogP contribution in [0.1, 0.15) is 28.8 Å². The Morgan fingerprint density at radius 3 is 2.71 bits per heavy atom. The summed E-state index contributed by atoms with van der Waals surface area (Å²) < 4.78 is 13.1. The van der Waals surface area contributed by atoms with Gasteiger partial charge in [0.25, 0.3) is 5.91 Å². The fraction of sp³-hybridized carbons (Fsp3) is 0.462. The molecule has 1 amide bonds. The first-order chi connectivity index (χ1) is 8.21. The van der Waals surface area contributed by atoms with Gasteiger partial charge >= 0.3 is 0 Å². The van der Waals surface area contributed by atoms with Crippen molar-refractivity contribution < 1.29 is 9.28 Å². The third kappa shape index (κ3) is 1.63. The Kier molecular flexibility index (Phi) is 2.40. The van der Waals surface area contributed by atoms with Gasteiger partial charge in [-0.1, -0.05) is 18.2 Å².